The third-order valence-corrected chi connectivity index (χ3v) is 2.99. The van der Waals surface area contributed by atoms with Crippen LogP contribution < -0.4 is 5.32 Å². The standard InChI is InChI=1S/C13H15ClFN3O/c1-3-7-16-8(2)12-17-18-13(19-12)9-5-4-6-10(14)11(9)15/h4-6,8,16H,3,7H2,1-2H3. The minimum Gasteiger partial charge on any atom is -0.419 e. The summed E-state index contributed by atoms with van der Waals surface area (Å²) in [5.74, 6) is 0.0245. The van der Waals surface area contributed by atoms with Crippen molar-refractivity contribution in [1.82, 2.24) is 15.5 Å². The van der Waals surface area contributed by atoms with Crippen LogP contribution in [0.2, 0.25) is 5.02 Å². The van der Waals surface area contributed by atoms with Crippen molar-refractivity contribution in [3.63, 3.8) is 0 Å². The lowest BCUT2D eigenvalue weighted by Gasteiger charge is -2.07. The van der Waals surface area contributed by atoms with Gasteiger partial charge in [-0.1, -0.05) is 24.6 Å². The topological polar surface area (TPSA) is 51.0 Å². The lowest BCUT2D eigenvalue weighted by molar-refractivity contribution is 0.422. The van der Waals surface area contributed by atoms with Gasteiger partial charge in [0.15, 0.2) is 5.82 Å². The molecule has 0 bridgehead atoms. The molecule has 0 saturated heterocycles. The molecular weight excluding hydrogens is 269 g/mol. The molecule has 0 aliphatic heterocycles. The van der Waals surface area contributed by atoms with Crippen molar-refractivity contribution < 1.29 is 8.81 Å². The summed E-state index contributed by atoms with van der Waals surface area (Å²) in [5.41, 5.74) is 0.217. The Labute approximate surface area is 116 Å². The Morgan fingerprint density at radius 3 is 2.95 bits per heavy atom. The van der Waals surface area contributed by atoms with Crippen molar-refractivity contribution in [2.45, 2.75) is 26.3 Å². The van der Waals surface area contributed by atoms with Crippen LogP contribution in [0.25, 0.3) is 11.5 Å². The largest absolute Gasteiger partial charge is 0.419 e. The van der Waals surface area contributed by atoms with Gasteiger partial charge in [-0.2, -0.15) is 0 Å². The van der Waals surface area contributed by atoms with Crippen LogP contribution >= 0.6 is 11.6 Å². The molecule has 102 valence electrons. The van der Waals surface area contributed by atoms with E-state index >= 15 is 0 Å². The number of aromatic nitrogens is 2. The van der Waals surface area contributed by atoms with Crippen LogP contribution in [0, 0.1) is 5.82 Å². The highest BCUT2D eigenvalue weighted by Crippen LogP contribution is 2.27. The molecule has 1 atom stereocenters. The maximum absolute atomic E-state index is 13.8. The van der Waals surface area contributed by atoms with Crippen LogP contribution in [-0.4, -0.2) is 16.7 Å². The Morgan fingerprint density at radius 1 is 1.42 bits per heavy atom. The Hall–Kier alpha value is -1.46. The summed E-state index contributed by atoms with van der Waals surface area (Å²) in [6, 6.07) is 4.61. The van der Waals surface area contributed by atoms with E-state index in [-0.39, 0.29) is 22.5 Å². The van der Waals surface area contributed by atoms with E-state index in [4.69, 9.17) is 16.0 Å². The van der Waals surface area contributed by atoms with Gasteiger partial charge in [-0.05, 0) is 32.0 Å². The summed E-state index contributed by atoms with van der Waals surface area (Å²) in [6.07, 6.45) is 1.01. The van der Waals surface area contributed by atoms with E-state index in [0.29, 0.717) is 5.89 Å². The number of benzene rings is 1. The van der Waals surface area contributed by atoms with E-state index in [9.17, 15) is 4.39 Å². The molecule has 19 heavy (non-hydrogen) atoms. The molecule has 1 N–H and O–H groups in total. The molecule has 2 aromatic rings. The highest BCUT2D eigenvalue weighted by atomic mass is 35.5. The van der Waals surface area contributed by atoms with Crippen LogP contribution in [0.5, 0.6) is 0 Å². The van der Waals surface area contributed by atoms with Gasteiger partial charge in [0, 0.05) is 0 Å². The summed E-state index contributed by atoms with van der Waals surface area (Å²) < 4.78 is 19.3. The van der Waals surface area contributed by atoms with Gasteiger partial charge in [0.2, 0.25) is 5.89 Å². The Morgan fingerprint density at radius 2 is 2.21 bits per heavy atom. The van der Waals surface area contributed by atoms with Crippen molar-refractivity contribution in [3.05, 3.63) is 34.9 Å². The second kappa shape index (κ2) is 6.12. The molecule has 0 saturated carbocycles. The average molecular weight is 284 g/mol. The van der Waals surface area contributed by atoms with Crippen LogP contribution in [0.3, 0.4) is 0 Å². The lowest BCUT2D eigenvalue weighted by atomic mass is 10.2. The summed E-state index contributed by atoms with van der Waals surface area (Å²) >= 11 is 5.72. The highest BCUT2D eigenvalue weighted by molar-refractivity contribution is 6.31. The van der Waals surface area contributed by atoms with Crippen LogP contribution in [0.15, 0.2) is 22.6 Å². The molecule has 0 amide bonds. The fourth-order valence-corrected chi connectivity index (χ4v) is 1.81. The van der Waals surface area contributed by atoms with Crippen molar-refractivity contribution in [1.29, 1.82) is 0 Å². The third kappa shape index (κ3) is 3.11. The SMILES string of the molecule is CCCNC(C)c1nnc(-c2cccc(Cl)c2F)o1. The first-order valence-corrected chi connectivity index (χ1v) is 6.52. The van der Waals surface area contributed by atoms with E-state index in [1.165, 1.54) is 6.07 Å². The first-order valence-electron chi connectivity index (χ1n) is 6.14. The second-order valence-electron chi connectivity index (χ2n) is 4.22. The molecule has 0 spiro atoms. The molecule has 1 unspecified atom stereocenters. The summed E-state index contributed by atoms with van der Waals surface area (Å²) in [6.45, 7) is 4.84. The van der Waals surface area contributed by atoms with Gasteiger partial charge in [0.1, 0.15) is 0 Å². The molecule has 4 nitrogen and oxygen atoms in total. The van der Waals surface area contributed by atoms with Gasteiger partial charge >= 0.3 is 0 Å². The number of nitrogens with zero attached hydrogens (tertiary/aromatic N) is 2. The molecule has 0 aliphatic rings. The van der Waals surface area contributed by atoms with Gasteiger partial charge in [0.05, 0.1) is 16.6 Å². The zero-order valence-electron chi connectivity index (χ0n) is 10.8. The molecule has 0 aliphatic carbocycles. The van der Waals surface area contributed by atoms with E-state index in [2.05, 4.69) is 22.4 Å². The molecule has 1 aromatic heterocycles. The smallest absolute Gasteiger partial charge is 0.250 e. The lowest BCUT2D eigenvalue weighted by Crippen LogP contribution is -2.19. The van der Waals surface area contributed by atoms with Gasteiger partial charge in [-0.3, -0.25) is 0 Å². The van der Waals surface area contributed by atoms with Gasteiger partial charge in [0.25, 0.3) is 5.89 Å². The van der Waals surface area contributed by atoms with E-state index in [1.807, 2.05) is 6.92 Å². The minimum absolute atomic E-state index is 0.0365. The summed E-state index contributed by atoms with van der Waals surface area (Å²) in [5, 5.41) is 11.0. The fraction of sp³-hybridized carbons (Fsp3) is 0.385. The Kier molecular flexibility index (Phi) is 4.50. The number of hydrogen-bond donors (Lipinski definition) is 1. The normalized spacial score (nSPS) is 12.6. The van der Waals surface area contributed by atoms with E-state index in [1.54, 1.807) is 12.1 Å². The monoisotopic (exact) mass is 283 g/mol. The summed E-state index contributed by atoms with van der Waals surface area (Å²) in [7, 11) is 0. The maximum Gasteiger partial charge on any atom is 0.250 e. The summed E-state index contributed by atoms with van der Waals surface area (Å²) in [4.78, 5) is 0. The Bertz CT molecular complexity index is 559. The molecule has 2 rings (SSSR count). The molecule has 6 heteroatoms. The average Bonchev–Trinajstić information content (AvgIpc) is 2.88. The minimum atomic E-state index is -0.548. The van der Waals surface area contributed by atoms with E-state index in [0.717, 1.165) is 13.0 Å². The number of rotatable bonds is 5. The molecule has 1 heterocycles. The molecule has 0 fully saturated rings. The maximum atomic E-state index is 13.8. The molecular formula is C13H15ClFN3O. The van der Waals surface area contributed by atoms with Crippen LogP contribution in [0.1, 0.15) is 32.2 Å². The number of halogens is 2. The van der Waals surface area contributed by atoms with Crippen molar-refractivity contribution in [2.75, 3.05) is 6.54 Å². The zero-order valence-corrected chi connectivity index (χ0v) is 11.5. The van der Waals surface area contributed by atoms with Crippen LogP contribution in [-0.2, 0) is 0 Å². The van der Waals surface area contributed by atoms with Crippen molar-refractivity contribution in [2.24, 2.45) is 0 Å². The predicted molar refractivity (Wildman–Crippen MR) is 71.4 cm³/mol. The van der Waals surface area contributed by atoms with Gasteiger partial charge in [-0.25, -0.2) is 4.39 Å². The van der Waals surface area contributed by atoms with E-state index < -0.39 is 5.82 Å². The van der Waals surface area contributed by atoms with Crippen molar-refractivity contribution in [3.8, 4) is 11.5 Å². The fourth-order valence-electron chi connectivity index (χ4n) is 1.64. The zero-order chi connectivity index (χ0) is 13.8. The first kappa shape index (κ1) is 14.0. The van der Waals surface area contributed by atoms with Crippen molar-refractivity contribution >= 4 is 11.6 Å². The van der Waals surface area contributed by atoms with Gasteiger partial charge in [-0.15, -0.1) is 10.2 Å². The quantitative estimate of drug-likeness (QED) is 0.911. The Balaban J connectivity index is 2.23. The first-order chi connectivity index (χ1) is 9.13. The van der Waals surface area contributed by atoms with Gasteiger partial charge < -0.3 is 9.73 Å². The highest BCUT2D eigenvalue weighted by Gasteiger charge is 2.17. The third-order valence-electron chi connectivity index (χ3n) is 2.69. The van der Waals surface area contributed by atoms with Crippen LogP contribution in [0.4, 0.5) is 4.39 Å². The molecule has 0 radical (unpaired) electrons. The predicted octanol–water partition coefficient (Wildman–Crippen LogP) is 3.59. The molecule has 1 aromatic carbocycles. The number of hydrogen-bond acceptors (Lipinski definition) is 4. The second-order valence-corrected chi connectivity index (χ2v) is 4.63. The number of nitrogens with one attached hydrogen (secondary N) is 1.